The average Bonchev–Trinajstić information content (AvgIpc) is 3.47. The Balaban J connectivity index is 4.06. The third-order valence-electron chi connectivity index (χ3n) is 15.7. The molecule has 0 aliphatic heterocycles. The monoisotopic (exact) mass is 1130 g/mol. The Labute approximate surface area is 503 Å². The molecule has 0 radical (unpaired) electrons. The van der Waals surface area contributed by atoms with Crippen LogP contribution in [0.4, 0.5) is 0 Å². The highest BCUT2D eigenvalue weighted by molar-refractivity contribution is 5.71. The standard InChI is InChI=1S/C75H134O6/c1-4-7-10-13-16-19-21-23-25-27-29-30-31-32-33-34-35-36-37-38-39-40-41-42-43-44-46-47-49-51-53-56-59-62-65-68-74(77)80-71-72(70-79-73(76)67-64-61-58-55-18-15-12-9-6-3)81-75(78)69-66-63-60-57-54-52-50-48-45-28-26-24-22-20-17-14-11-8-5-2/h8,11,17,20,24,26,45,48,52,54,60,63,72H,4-7,9-10,12-16,18-19,21-23,25,27-44,46-47,49-51,53,55-59,61-62,64-71H2,1-3H3/b11-8-,20-17-,26-24-,48-45-,54-52-,63-60-. The fraction of sp³-hybridized carbons (Fsp3) is 0.800. The zero-order valence-electron chi connectivity index (χ0n) is 54.1. The molecule has 0 aromatic carbocycles. The zero-order chi connectivity index (χ0) is 58.5. The van der Waals surface area contributed by atoms with Gasteiger partial charge in [0.1, 0.15) is 13.2 Å². The highest BCUT2D eigenvalue weighted by Crippen LogP contribution is 2.19. The molecule has 6 nitrogen and oxygen atoms in total. The Hall–Kier alpha value is -3.15. The molecule has 470 valence electrons. The van der Waals surface area contributed by atoms with Crippen molar-refractivity contribution >= 4 is 17.9 Å². The third kappa shape index (κ3) is 67.5. The van der Waals surface area contributed by atoms with Gasteiger partial charge in [-0.3, -0.25) is 14.4 Å². The molecule has 0 N–H and O–H groups in total. The van der Waals surface area contributed by atoms with Gasteiger partial charge < -0.3 is 14.2 Å². The van der Waals surface area contributed by atoms with E-state index in [4.69, 9.17) is 14.2 Å². The minimum absolute atomic E-state index is 0.102. The van der Waals surface area contributed by atoms with E-state index in [9.17, 15) is 14.4 Å². The van der Waals surface area contributed by atoms with Crippen molar-refractivity contribution in [3.8, 4) is 0 Å². The van der Waals surface area contributed by atoms with Gasteiger partial charge in [0.2, 0.25) is 0 Å². The Kier molecular flexibility index (Phi) is 66.6. The number of allylic oxidation sites excluding steroid dienone is 12. The summed E-state index contributed by atoms with van der Waals surface area (Å²) in [5, 5.41) is 0. The van der Waals surface area contributed by atoms with Gasteiger partial charge in [-0.2, -0.15) is 0 Å². The van der Waals surface area contributed by atoms with Crippen LogP contribution in [0.1, 0.15) is 367 Å². The predicted octanol–water partition coefficient (Wildman–Crippen LogP) is 24.4. The van der Waals surface area contributed by atoms with Gasteiger partial charge in [-0.25, -0.2) is 0 Å². The molecule has 0 bridgehead atoms. The summed E-state index contributed by atoms with van der Waals surface area (Å²) >= 11 is 0. The maximum Gasteiger partial charge on any atom is 0.306 e. The van der Waals surface area contributed by atoms with Crippen LogP contribution in [0.2, 0.25) is 0 Å². The van der Waals surface area contributed by atoms with Gasteiger partial charge in [-0.15, -0.1) is 0 Å². The number of ether oxygens (including phenoxy) is 3. The lowest BCUT2D eigenvalue weighted by molar-refractivity contribution is -0.166. The lowest BCUT2D eigenvalue weighted by Crippen LogP contribution is -2.30. The summed E-state index contributed by atoms with van der Waals surface area (Å²) in [6.45, 7) is 6.49. The second-order valence-corrected chi connectivity index (χ2v) is 23.8. The summed E-state index contributed by atoms with van der Waals surface area (Å²) in [5.41, 5.74) is 0. The van der Waals surface area contributed by atoms with Gasteiger partial charge in [-0.05, 0) is 57.8 Å². The van der Waals surface area contributed by atoms with Gasteiger partial charge in [0.05, 0.1) is 0 Å². The fourth-order valence-corrected chi connectivity index (χ4v) is 10.5. The van der Waals surface area contributed by atoms with Crippen LogP contribution in [0, 0.1) is 0 Å². The van der Waals surface area contributed by atoms with Crippen molar-refractivity contribution in [3.05, 3.63) is 72.9 Å². The SMILES string of the molecule is CC/C=C\C/C=C\C/C=C\C/C=C\C/C=C\C/C=C\CCC(=O)OC(COC(=O)CCCCCCCCCCC)COC(=O)CCCCCCCCCCCCCCCCCCCCCCCCCCCCCCCCCCCCC. The van der Waals surface area contributed by atoms with Crippen LogP contribution in [0.5, 0.6) is 0 Å². The summed E-state index contributed by atoms with van der Waals surface area (Å²) in [6.07, 6.45) is 91.3. The van der Waals surface area contributed by atoms with Crippen LogP contribution in [-0.2, 0) is 28.6 Å². The van der Waals surface area contributed by atoms with Gasteiger partial charge in [0, 0.05) is 19.3 Å². The number of esters is 3. The van der Waals surface area contributed by atoms with E-state index in [-0.39, 0.29) is 37.5 Å². The maximum atomic E-state index is 12.8. The molecule has 0 spiro atoms. The first-order valence-corrected chi connectivity index (χ1v) is 35.4. The summed E-state index contributed by atoms with van der Waals surface area (Å²) in [5.74, 6) is -0.974. The normalized spacial score (nSPS) is 12.5. The highest BCUT2D eigenvalue weighted by Gasteiger charge is 2.19. The number of hydrogen-bond donors (Lipinski definition) is 0. The maximum absolute atomic E-state index is 12.8. The van der Waals surface area contributed by atoms with Crippen molar-refractivity contribution in [2.75, 3.05) is 13.2 Å². The van der Waals surface area contributed by atoms with Crippen molar-refractivity contribution < 1.29 is 28.6 Å². The third-order valence-corrected chi connectivity index (χ3v) is 15.7. The Morgan fingerprint density at radius 3 is 0.728 bits per heavy atom. The lowest BCUT2D eigenvalue weighted by Gasteiger charge is -2.18. The second kappa shape index (κ2) is 69.3. The number of rotatable bonds is 65. The molecule has 0 aliphatic rings. The smallest absolute Gasteiger partial charge is 0.306 e. The number of hydrogen-bond acceptors (Lipinski definition) is 6. The molecule has 0 fully saturated rings. The summed E-state index contributed by atoms with van der Waals surface area (Å²) < 4.78 is 16.8. The van der Waals surface area contributed by atoms with Gasteiger partial charge in [0.25, 0.3) is 0 Å². The highest BCUT2D eigenvalue weighted by atomic mass is 16.6. The van der Waals surface area contributed by atoms with Crippen molar-refractivity contribution in [2.45, 2.75) is 374 Å². The summed E-state index contributed by atoms with van der Waals surface area (Å²) in [4.78, 5) is 38.2. The molecule has 0 saturated heterocycles. The molecule has 0 aliphatic carbocycles. The fourth-order valence-electron chi connectivity index (χ4n) is 10.5. The average molecular weight is 1130 g/mol. The molecular formula is C75H134O6. The molecule has 0 aromatic heterocycles. The quantitative estimate of drug-likeness (QED) is 0.0261. The molecule has 81 heavy (non-hydrogen) atoms. The molecule has 0 aromatic rings. The molecule has 0 saturated carbocycles. The van der Waals surface area contributed by atoms with E-state index in [2.05, 4.69) is 87.6 Å². The van der Waals surface area contributed by atoms with Gasteiger partial charge in [-0.1, -0.05) is 363 Å². The van der Waals surface area contributed by atoms with Crippen LogP contribution in [0.25, 0.3) is 0 Å². The number of carbonyl (C=O) groups excluding carboxylic acids is 3. The lowest BCUT2D eigenvalue weighted by atomic mass is 10.0. The van der Waals surface area contributed by atoms with Crippen molar-refractivity contribution in [1.82, 2.24) is 0 Å². The van der Waals surface area contributed by atoms with E-state index in [1.165, 1.54) is 244 Å². The van der Waals surface area contributed by atoms with Crippen molar-refractivity contribution in [1.29, 1.82) is 0 Å². The van der Waals surface area contributed by atoms with E-state index in [1.54, 1.807) is 0 Å². The van der Waals surface area contributed by atoms with E-state index in [0.717, 1.165) is 77.0 Å². The molecule has 0 amide bonds. The van der Waals surface area contributed by atoms with E-state index < -0.39 is 6.10 Å². The number of carbonyl (C=O) groups is 3. The minimum atomic E-state index is -0.813. The molecule has 1 unspecified atom stereocenters. The molecular weight excluding hydrogens is 997 g/mol. The number of unbranched alkanes of at least 4 members (excludes halogenated alkanes) is 42. The first-order chi connectivity index (χ1) is 40.0. The molecule has 0 rings (SSSR count). The Morgan fingerprint density at radius 1 is 0.259 bits per heavy atom. The van der Waals surface area contributed by atoms with Gasteiger partial charge in [0.15, 0.2) is 6.10 Å². The van der Waals surface area contributed by atoms with Crippen LogP contribution >= 0.6 is 0 Å². The summed E-state index contributed by atoms with van der Waals surface area (Å²) in [6, 6.07) is 0. The van der Waals surface area contributed by atoms with E-state index >= 15 is 0 Å². The largest absolute Gasteiger partial charge is 0.462 e. The van der Waals surface area contributed by atoms with Crippen LogP contribution < -0.4 is 0 Å². The van der Waals surface area contributed by atoms with Crippen LogP contribution in [0.15, 0.2) is 72.9 Å². The topological polar surface area (TPSA) is 78.9 Å². The van der Waals surface area contributed by atoms with E-state index in [1.807, 2.05) is 6.08 Å². The summed E-state index contributed by atoms with van der Waals surface area (Å²) in [7, 11) is 0. The Morgan fingerprint density at radius 2 is 0.481 bits per heavy atom. The Bertz CT molecular complexity index is 1490. The first-order valence-electron chi connectivity index (χ1n) is 35.4. The van der Waals surface area contributed by atoms with Gasteiger partial charge >= 0.3 is 17.9 Å². The molecule has 6 heteroatoms. The van der Waals surface area contributed by atoms with E-state index in [0.29, 0.717) is 19.3 Å². The van der Waals surface area contributed by atoms with Crippen LogP contribution in [-0.4, -0.2) is 37.2 Å². The minimum Gasteiger partial charge on any atom is -0.462 e. The molecule has 1 atom stereocenters. The molecule has 0 heterocycles. The van der Waals surface area contributed by atoms with Crippen LogP contribution in [0.3, 0.4) is 0 Å². The zero-order valence-corrected chi connectivity index (χ0v) is 54.1. The van der Waals surface area contributed by atoms with Crippen molar-refractivity contribution in [2.24, 2.45) is 0 Å². The predicted molar refractivity (Wildman–Crippen MR) is 353 cm³/mol. The second-order valence-electron chi connectivity index (χ2n) is 23.8. The first kappa shape index (κ1) is 77.9. The van der Waals surface area contributed by atoms with Crippen molar-refractivity contribution in [3.63, 3.8) is 0 Å².